The largest absolute Gasteiger partial charge is 0.369 e. The Morgan fingerprint density at radius 3 is 2.41 bits per heavy atom. The van der Waals surface area contributed by atoms with Crippen LogP contribution in [-0.4, -0.2) is 38.6 Å². The van der Waals surface area contributed by atoms with Gasteiger partial charge in [0.25, 0.3) is 11.5 Å². The molecule has 1 atom stereocenters. The molecule has 1 aliphatic rings. The Bertz CT molecular complexity index is 1560. The van der Waals surface area contributed by atoms with Crippen LogP contribution in [0.2, 0.25) is 0 Å². The zero-order valence-electron chi connectivity index (χ0n) is 20.5. The zero-order chi connectivity index (χ0) is 26.4. The van der Waals surface area contributed by atoms with Crippen LogP contribution in [0.5, 0.6) is 0 Å². The number of nitrogens with one attached hydrogen (secondary N) is 1. The zero-order valence-corrected chi connectivity index (χ0v) is 20.5. The number of halogens is 3. The molecule has 1 N–H and O–H groups in total. The normalized spacial score (nSPS) is 15.6. The van der Waals surface area contributed by atoms with Gasteiger partial charge in [0.2, 0.25) is 5.95 Å². The summed E-state index contributed by atoms with van der Waals surface area (Å²) in [7, 11) is 0. The Kier molecular flexibility index (Phi) is 6.22. The van der Waals surface area contributed by atoms with Crippen molar-refractivity contribution in [1.29, 1.82) is 0 Å². The molecule has 192 valence electrons. The molecule has 0 radical (unpaired) electrons. The van der Waals surface area contributed by atoms with Crippen molar-refractivity contribution in [1.82, 2.24) is 19.6 Å². The lowest BCUT2D eigenvalue weighted by Crippen LogP contribution is -2.27. The second-order valence-electron chi connectivity index (χ2n) is 9.52. The summed E-state index contributed by atoms with van der Waals surface area (Å²) < 4.78 is 45.9. The third-order valence-corrected chi connectivity index (χ3v) is 6.46. The number of aromatic nitrogens is 4. The van der Waals surface area contributed by atoms with E-state index in [2.05, 4.69) is 22.4 Å². The first-order valence-corrected chi connectivity index (χ1v) is 12.0. The van der Waals surface area contributed by atoms with E-state index in [9.17, 15) is 18.4 Å². The lowest BCUT2D eigenvalue weighted by molar-refractivity contribution is 0.102. The Labute approximate surface area is 210 Å². The van der Waals surface area contributed by atoms with Crippen LogP contribution in [0.25, 0.3) is 16.6 Å². The van der Waals surface area contributed by atoms with Crippen molar-refractivity contribution in [3.63, 3.8) is 0 Å². The summed E-state index contributed by atoms with van der Waals surface area (Å²) >= 11 is 0. The average molecular weight is 511 g/mol. The third kappa shape index (κ3) is 4.34. The minimum absolute atomic E-state index is 0.0816. The monoisotopic (exact) mass is 510 g/mol. The highest BCUT2D eigenvalue weighted by molar-refractivity contribution is 6.09. The molecule has 3 heterocycles. The number of benzene rings is 2. The fourth-order valence-electron chi connectivity index (χ4n) is 4.70. The number of rotatable bonds is 5. The highest BCUT2D eigenvalue weighted by atomic mass is 19.1. The number of nitrogens with zero attached hydrogens (tertiary/aromatic N) is 5. The molecular formula is C26H25F3N6O2. The van der Waals surface area contributed by atoms with Crippen molar-refractivity contribution in [3.05, 3.63) is 76.1 Å². The van der Waals surface area contributed by atoms with Crippen LogP contribution in [0.15, 0.2) is 47.3 Å². The molecule has 0 unspecified atom stereocenters. The fourth-order valence-corrected chi connectivity index (χ4v) is 4.70. The summed E-state index contributed by atoms with van der Waals surface area (Å²) in [6, 6.07) is 8.59. The van der Waals surface area contributed by atoms with E-state index < -0.39 is 34.7 Å². The van der Waals surface area contributed by atoms with Crippen LogP contribution in [0.4, 0.5) is 24.5 Å². The molecule has 0 saturated carbocycles. The molecule has 1 fully saturated rings. The minimum Gasteiger partial charge on any atom is -0.369 e. The number of amides is 1. The Morgan fingerprint density at radius 2 is 1.76 bits per heavy atom. The number of hydrogen-bond donors (Lipinski definition) is 1. The van der Waals surface area contributed by atoms with Crippen molar-refractivity contribution in [3.8, 4) is 5.69 Å². The molecule has 5 rings (SSSR count). The molecule has 1 amide bonds. The van der Waals surface area contributed by atoms with Crippen molar-refractivity contribution < 1.29 is 18.0 Å². The van der Waals surface area contributed by atoms with E-state index in [1.165, 1.54) is 6.07 Å². The van der Waals surface area contributed by atoms with Crippen LogP contribution >= 0.6 is 0 Å². The summed E-state index contributed by atoms with van der Waals surface area (Å²) in [5.41, 5.74) is -0.294. The predicted molar refractivity (Wildman–Crippen MR) is 134 cm³/mol. The maximum atomic E-state index is 15.2. The second-order valence-corrected chi connectivity index (χ2v) is 9.52. The topological polar surface area (TPSA) is 85.0 Å². The van der Waals surface area contributed by atoms with Gasteiger partial charge in [-0.2, -0.15) is 14.2 Å². The van der Waals surface area contributed by atoms with E-state index in [4.69, 9.17) is 0 Å². The molecular weight excluding hydrogens is 485 g/mol. The van der Waals surface area contributed by atoms with Gasteiger partial charge < -0.3 is 10.2 Å². The van der Waals surface area contributed by atoms with Crippen molar-refractivity contribution in [2.24, 2.45) is 5.92 Å². The van der Waals surface area contributed by atoms with Crippen molar-refractivity contribution in [2.75, 3.05) is 23.3 Å². The van der Waals surface area contributed by atoms with Crippen LogP contribution in [0.1, 0.15) is 43.7 Å². The van der Waals surface area contributed by atoms with Gasteiger partial charge in [0, 0.05) is 25.2 Å². The van der Waals surface area contributed by atoms with E-state index in [1.807, 2.05) is 18.7 Å². The quantitative estimate of drug-likeness (QED) is 0.422. The first-order valence-electron chi connectivity index (χ1n) is 12.0. The Hall–Kier alpha value is -4.15. The van der Waals surface area contributed by atoms with Gasteiger partial charge in [-0.25, -0.2) is 8.78 Å². The fraction of sp³-hybridized carbons (Fsp3) is 0.308. The van der Waals surface area contributed by atoms with E-state index in [-0.39, 0.29) is 11.7 Å². The standard InChI is InChI=1S/C26H25F3N6O2/c1-14(2)34-20-9-7-18(24(22(20)25(29)32-34)33-12-11-15(3)13-33)30-26(37)19-8-10-21(36)35(31-19)23-16(27)5-4-6-17(23)28/h4-10,14-15H,11-13H2,1-3H3,(H,30,37)/t15-/m0/s1. The van der Waals surface area contributed by atoms with Gasteiger partial charge in [-0.1, -0.05) is 13.0 Å². The minimum atomic E-state index is -0.999. The predicted octanol–water partition coefficient (Wildman–Crippen LogP) is 4.68. The van der Waals surface area contributed by atoms with Gasteiger partial charge in [-0.15, -0.1) is 5.10 Å². The molecule has 37 heavy (non-hydrogen) atoms. The number of carbonyl (C=O) groups is 1. The summed E-state index contributed by atoms with van der Waals surface area (Å²) in [5, 5.41) is 11.0. The number of para-hydroxylation sites is 1. The smallest absolute Gasteiger partial charge is 0.276 e. The Balaban J connectivity index is 1.58. The third-order valence-electron chi connectivity index (χ3n) is 6.46. The molecule has 0 aliphatic carbocycles. The maximum Gasteiger partial charge on any atom is 0.276 e. The first kappa shape index (κ1) is 24.5. The maximum absolute atomic E-state index is 15.2. The lowest BCUT2D eigenvalue weighted by Gasteiger charge is -2.23. The van der Waals surface area contributed by atoms with E-state index in [1.54, 1.807) is 16.8 Å². The number of anilines is 2. The van der Waals surface area contributed by atoms with E-state index in [0.29, 0.717) is 46.0 Å². The second kappa shape index (κ2) is 9.38. The van der Waals surface area contributed by atoms with Crippen molar-refractivity contribution in [2.45, 2.75) is 33.2 Å². The van der Waals surface area contributed by atoms with E-state index >= 15 is 4.39 Å². The van der Waals surface area contributed by atoms with Gasteiger partial charge in [-0.3, -0.25) is 14.3 Å². The van der Waals surface area contributed by atoms with Crippen LogP contribution in [0, 0.1) is 23.5 Å². The SMILES string of the molecule is CC(C)n1nc(F)c2c(N3CC[C@H](C)C3)c(NC(=O)c3ccc(=O)n(-c4c(F)cccc4F)n3)ccc21. The number of fused-ring (bicyclic) bond motifs is 1. The number of carbonyl (C=O) groups excluding carboxylic acids is 1. The summed E-state index contributed by atoms with van der Waals surface area (Å²) in [6.07, 6.45) is 0.907. The summed E-state index contributed by atoms with van der Waals surface area (Å²) in [5.74, 6) is -2.99. The van der Waals surface area contributed by atoms with Gasteiger partial charge in [0.1, 0.15) is 11.4 Å². The highest BCUT2D eigenvalue weighted by Crippen LogP contribution is 2.39. The molecule has 8 nitrogen and oxygen atoms in total. The lowest BCUT2D eigenvalue weighted by atomic mass is 10.1. The molecule has 2 aromatic carbocycles. The molecule has 0 bridgehead atoms. The average Bonchev–Trinajstić information content (AvgIpc) is 3.43. The molecule has 0 spiro atoms. The van der Waals surface area contributed by atoms with Crippen LogP contribution in [0.3, 0.4) is 0 Å². The molecule has 1 aliphatic heterocycles. The highest BCUT2D eigenvalue weighted by Gasteiger charge is 2.28. The summed E-state index contributed by atoms with van der Waals surface area (Å²) in [4.78, 5) is 27.6. The number of hydrogen-bond acceptors (Lipinski definition) is 5. The van der Waals surface area contributed by atoms with Gasteiger partial charge >= 0.3 is 0 Å². The molecule has 4 aromatic rings. The Morgan fingerprint density at radius 1 is 1.03 bits per heavy atom. The summed E-state index contributed by atoms with van der Waals surface area (Å²) in [6.45, 7) is 7.24. The van der Waals surface area contributed by atoms with Gasteiger partial charge in [-0.05, 0) is 56.5 Å². The van der Waals surface area contributed by atoms with Crippen molar-refractivity contribution >= 4 is 28.2 Å². The van der Waals surface area contributed by atoms with Crippen LogP contribution < -0.4 is 15.8 Å². The molecule has 11 heteroatoms. The van der Waals surface area contributed by atoms with Gasteiger partial charge in [0.05, 0.1) is 22.3 Å². The molecule has 1 saturated heterocycles. The van der Waals surface area contributed by atoms with Crippen LogP contribution in [-0.2, 0) is 0 Å². The van der Waals surface area contributed by atoms with E-state index in [0.717, 1.165) is 30.7 Å². The first-order chi connectivity index (χ1) is 17.7. The van der Waals surface area contributed by atoms with Gasteiger partial charge in [0.15, 0.2) is 11.6 Å². The molecule has 2 aromatic heterocycles.